The summed E-state index contributed by atoms with van der Waals surface area (Å²) in [6.45, 7) is 12.4. The van der Waals surface area contributed by atoms with Gasteiger partial charge in [-0.25, -0.2) is 9.53 Å². The van der Waals surface area contributed by atoms with Crippen molar-refractivity contribution < 1.29 is 9.90 Å². The van der Waals surface area contributed by atoms with Crippen LogP contribution in [-0.2, 0) is 17.8 Å². The molecule has 0 radical (unpaired) electrons. The fourth-order valence-corrected chi connectivity index (χ4v) is 2.91. The second-order valence-electron chi connectivity index (χ2n) is 6.85. The molecule has 0 saturated heterocycles. The first-order valence-corrected chi connectivity index (χ1v) is 8.33. The van der Waals surface area contributed by atoms with Crippen molar-refractivity contribution in [1.82, 2.24) is 15.0 Å². The molecule has 0 spiro atoms. The van der Waals surface area contributed by atoms with Crippen LogP contribution in [0.3, 0.4) is 0 Å². The van der Waals surface area contributed by atoms with Crippen LogP contribution >= 0.6 is 0 Å². The Labute approximate surface area is 151 Å². The number of benzene rings is 2. The molecule has 1 heterocycles. The van der Waals surface area contributed by atoms with Crippen molar-refractivity contribution in [1.29, 1.82) is 0 Å². The lowest BCUT2D eigenvalue weighted by Gasteiger charge is -2.22. The summed E-state index contributed by atoms with van der Waals surface area (Å²) in [5, 5.41) is 18.9. The van der Waals surface area contributed by atoms with E-state index in [0.717, 1.165) is 27.7 Å². The summed E-state index contributed by atoms with van der Waals surface area (Å²) in [7, 11) is 0. The molecular formula is C20H20N4O2. The Balaban J connectivity index is 1.79. The predicted molar refractivity (Wildman–Crippen MR) is 99.0 cm³/mol. The van der Waals surface area contributed by atoms with Gasteiger partial charge in [0.05, 0.1) is 18.6 Å². The second kappa shape index (κ2) is 6.70. The van der Waals surface area contributed by atoms with E-state index in [2.05, 4.69) is 15.2 Å². The quantitative estimate of drug-likeness (QED) is 0.719. The Morgan fingerprint density at radius 3 is 2.73 bits per heavy atom. The van der Waals surface area contributed by atoms with Crippen LogP contribution in [0.2, 0.25) is 0 Å². The molecule has 6 heteroatoms. The SMILES string of the molecule is [C-]#[N+]c1ccc(CC(=O)[C@@](C)(O)Cn2nnc3cc(C)ccc32)cc1C. The molecule has 1 N–H and O–H groups in total. The summed E-state index contributed by atoms with van der Waals surface area (Å²) in [4.78, 5) is 16.1. The van der Waals surface area contributed by atoms with Gasteiger partial charge in [-0.1, -0.05) is 29.5 Å². The van der Waals surface area contributed by atoms with Crippen molar-refractivity contribution in [3.05, 3.63) is 64.5 Å². The topological polar surface area (TPSA) is 72.4 Å². The maximum absolute atomic E-state index is 12.6. The zero-order valence-corrected chi connectivity index (χ0v) is 15.0. The van der Waals surface area contributed by atoms with Gasteiger partial charge in [-0.3, -0.25) is 4.79 Å². The molecule has 0 amide bonds. The smallest absolute Gasteiger partial charge is 0.190 e. The summed E-state index contributed by atoms with van der Waals surface area (Å²) in [5.41, 5.74) is 3.18. The molecule has 0 aliphatic heterocycles. The molecule has 0 saturated carbocycles. The maximum Gasteiger partial charge on any atom is 0.190 e. The summed E-state index contributed by atoms with van der Waals surface area (Å²) in [6, 6.07) is 11.0. The van der Waals surface area contributed by atoms with Crippen LogP contribution in [0.25, 0.3) is 15.9 Å². The highest BCUT2D eigenvalue weighted by atomic mass is 16.3. The molecule has 2 aromatic carbocycles. The van der Waals surface area contributed by atoms with Crippen molar-refractivity contribution in [3.63, 3.8) is 0 Å². The van der Waals surface area contributed by atoms with Crippen LogP contribution in [0.1, 0.15) is 23.6 Å². The molecule has 0 aliphatic rings. The summed E-state index contributed by atoms with van der Waals surface area (Å²) in [5.74, 6) is -0.303. The first-order chi connectivity index (χ1) is 12.3. The van der Waals surface area contributed by atoms with E-state index in [9.17, 15) is 9.90 Å². The number of Topliss-reactive ketones (excluding diaryl/α,β-unsaturated/α-hetero) is 1. The molecule has 0 bridgehead atoms. The molecule has 1 atom stereocenters. The van der Waals surface area contributed by atoms with Crippen LogP contribution in [0.4, 0.5) is 5.69 Å². The number of aryl methyl sites for hydroxylation is 2. The van der Waals surface area contributed by atoms with E-state index in [-0.39, 0.29) is 18.7 Å². The van der Waals surface area contributed by atoms with Crippen molar-refractivity contribution in [2.24, 2.45) is 0 Å². The average molecular weight is 348 g/mol. The van der Waals surface area contributed by atoms with Gasteiger partial charge >= 0.3 is 0 Å². The summed E-state index contributed by atoms with van der Waals surface area (Å²) < 4.78 is 1.56. The van der Waals surface area contributed by atoms with E-state index in [1.807, 2.05) is 38.1 Å². The minimum absolute atomic E-state index is 0.0323. The number of ketones is 1. The number of nitrogens with zero attached hydrogens (tertiary/aromatic N) is 4. The lowest BCUT2D eigenvalue weighted by molar-refractivity contribution is -0.136. The van der Waals surface area contributed by atoms with E-state index in [1.54, 1.807) is 16.8 Å². The number of carbonyl (C=O) groups excluding carboxylic acids is 1. The van der Waals surface area contributed by atoms with E-state index in [1.165, 1.54) is 6.92 Å². The van der Waals surface area contributed by atoms with E-state index in [0.29, 0.717) is 5.69 Å². The number of aromatic nitrogens is 3. The Hall–Kier alpha value is -3.04. The number of rotatable bonds is 5. The van der Waals surface area contributed by atoms with Crippen molar-refractivity contribution in [2.75, 3.05) is 0 Å². The summed E-state index contributed by atoms with van der Waals surface area (Å²) in [6.07, 6.45) is 0.0951. The van der Waals surface area contributed by atoms with Gasteiger partial charge < -0.3 is 5.11 Å². The summed E-state index contributed by atoms with van der Waals surface area (Å²) >= 11 is 0. The lowest BCUT2D eigenvalue weighted by Crippen LogP contribution is -2.41. The van der Waals surface area contributed by atoms with Crippen LogP contribution in [0.5, 0.6) is 0 Å². The molecular weight excluding hydrogens is 328 g/mol. The molecule has 3 rings (SSSR count). The third-order valence-corrected chi connectivity index (χ3v) is 4.47. The standard InChI is InChI=1S/C20H20N4O2/c1-13-5-8-18-17(9-13)22-23-24(18)12-20(3,26)19(25)11-15-6-7-16(21-4)14(2)10-15/h5-10,26H,11-12H2,1-3H3/t20-/m0/s1. The Morgan fingerprint density at radius 2 is 2.04 bits per heavy atom. The number of fused-ring (bicyclic) bond motifs is 1. The first kappa shape index (κ1) is 17.8. The zero-order valence-electron chi connectivity index (χ0n) is 15.0. The van der Waals surface area contributed by atoms with Gasteiger partial charge in [0.2, 0.25) is 0 Å². The Bertz CT molecular complexity index is 1030. The average Bonchev–Trinajstić information content (AvgIpc) is 2.96. The highest BCUT2D eigenvalue weighted by Gasteiger charge is 2.31. The zero-order chi connectivity index (χ0) is 18.9. The molecule has 3 aromatic rings. The van der Waals surface area contributed by atoms with Crippen LogP contribution in [-0.4, -0.2) is 31.5 Å². The fourth-order valence-electron chi connectivity index (χ4n) is 2.91. The number of hydrogen-bond acceptors (Lipinski definition) is 4. The van der Waals surface area contributed by atoms with Crippen molar-refractivity contribution in [2.45, 2.75) is 39.3 Å². The number of aliphatic hydroxyl groups is 1. The van der Waals surface area contributed by atoms with Gasteiger partial charge in [0.25, 0.3) is 0 Å². The van der Waals surface area contributed by atoms with Gasteiger partial charge in [0.15, 0.2) is 11.5 Å². The van der Waals surface area contributed by atoms with Crippen molar-refractivity contribution >= 4 is 22.5 Å². The highest BCUT2D eigenvalue weighted by molar-refractivity contribution is 5.89. The van der Waals surface area contributed by atoms with Gasteiger partial charge in [0, 0.05) is 6.42 Å². The van der Waals surface area contributed by atoms with Crippen LogP contribution in [0.15, 0.2) is 36.4 Å². The fraction of sp³-hybridized carbons (Fsp3) is 0.300. The number of hydrogen-bond donors (Lipinski definition) is 1. The van der Waals surface area contributed by atoms with Gasteiger partial charge in [-0.05, 0) is 49.6 Å². The first-order valence-electron chi connectivity index (χ1n) is 8.33. The Kier molecular flexibility index (Phi) is 4.58. The molecule has 6 nitrogen and oxygen atoms in total. The Morgan fingerprint density at radius 1 is 1.27 bits per heavy atom. The third-order valence-electron chi connectivity index (χ3n) is 4.47. The van der Waals surface area contributed by atoms with Gasteiger partial charge in [-0.2, -0.15) is 0 Å². The largest absolute Gasteiger partial charge is 0.380 e. The third kappa shape index (κ3) is 3.48. The number of carbonyl (C=O) groups is 1. The van der Waals surface area contributed by atoms with E-state index >= 15 is 0 Å². The van der Waals surface area contributed by atoms with Crippen LogP contribution in [0, 0.1) is 20.4 Å². The molecule has 0 aliphatic carbocycles. The highest BCUT2D eigenvalue weighted by Crippen LogP contribution is 2.22. The monoisotopic (exact) mass is 348 g/mol. The van der Waals surface area contributed by atoms with Gasteiger partial charge in [0.1, 0.15) is 11.1 Å². The molecule has 0 unspecified atom stereocenters. The lowest BCUT2D eigenvalue weighted by atomic mass is 9.94. The second-order valence-corrected chi connectivity index (χ2v) is 6.85. The van der Waals surface area contributed by atoms with Crippen molar-refractivity contribution in [3.8, 4) is 0 Å². The minimum Gasteiger partial charge on any atom is -0.380 e. The molecule has 26 heavy (non-hydrogen) atoms. The predicted octanol–water partition coefficient (Wildman–Crippen LogP) is 3.16. The minimum atomic E-state index is -1.57. The normalized spacial score (nSPS) is 13.3. The van der Waals surface area contributed by atoms with Gasteiger partial charge in [-0.15, -0.1) is 5.10 Å². The van der Waals surface area contributed by atoms with Crippen LogP contribution < -0.4 is 0 Å². The molecule has 0 fully saturated rings. The maximum atomic E-state index is 12.6. The van der Waals surface area contributed by atoms with E-state index in [4.69, 9.17) is 6.57 Å². The van der Waals surface area contributed by atoms with E-state index < -0.39 is 5.60 Å². The molecule has 1 aromatic heterocycles. The molecule has 132 valence electrons.